The van der Waals surface area contributed by atoms with Crippen LogP contribution in [-0.2, 0) is 13.2 Å². The highest BCUT2D eigenvalue weighted by Crippen LogP contribution is 2.35. The van der Waals surface area contributed by atoms with Gasteiger partial charge in [0.2, 0.25) is 5.69 Å². The molecule has 1 aromatic heterocycles. The highest BCUT2D eigenvalue weighted by atomic mass is 19.4. The topological polar surface area (TPSA) is 57.6 Å². The first kappa shape index (κ1) is 23.4. The number of nitrogens with zero attached hydrogens (tertiary/aromatic N) is 3. The van der Waals surface area contributed by atoms with Crippen LogP contribution in [0.5, 0.6) is 11.5 Å². The fraction of sp³-hybridized carbons (Fsp3) is 0.190. The number of para-hydroxylation sites is 1. The molecule has 0 saturated carbocycles. The number of hydrogen-bond acceptors (Lipinski definition) is 3. The molecule has 0 bridgehead atoms. The van der Waals surface area contributed by atoms with Gasteiger partial charge in [0.15, 0.2) is 0 Å². The number of benzene rings is 2. The lowest BCUT2D eigenvalue weighted by atomic mass is 10.2. The van der Waals surface area contributed by atoms with Crippen molar-refractivity contribution in [1.29, 1.82) is 0 Å². The number of alkyl halides is 3. The van der Waals surface area contributed by atoms with E-state index in [1.807, 2.05) is 13.8 Å². The molecule has 10 heteroatoms. The molecule has 162 valence electrons. The summed E-state index contributed by atoms with van der Waals surface area (Å²) in [5.74, 6) is -1.02. The van der Waals surface area contributed by atoms with Crippen molar-refractivity contribution in [2.45, 2.75) is 20.0 Å². The van der Waals surface area contributed by atoms with Crippen molar-refractivity contribution in [3.63, 3.8) is 0 Å². The fourth-order valence-electron chi connectivity index (χ4n) is 2.61. The van der Waals surface area contributed by atoms with Gasteiger partial charge in [-0.2, -0.15) is 13.2 Å². The van der Waals surface area contributed by atoms with Crippen molar-refractivity contribution >= 4 is 5.69 Å². The lowest BCUT2D eigenvalue weighted by Gasteiger charge is -2.15. The molecule has 0 atom stereocenters. The zero-order valence-corrected chi connectivity index (χ0v) is 16.7. The molecule has 0 spiro atoms. The first-order chi connectivity index (χ1) is 14.6. The monoisotopic (exact) mass is 435 g/mol. The molecule has 3 aromatic rings. The Bertz CT molecular complexity index is 1240. The van der Waals surface area contributed by atoms with Gasteiger partial charge in [0.25, 0.3) is 5.56 Å². The average Bonchev–Trinajstić information content (AvgIpc) is 2.74. The van der Waals surface area contributed by atoms with E-state index in [0.717, 1.165) is 19.2 Å². The summed E-state index contributed by atoms with van der Waals surface area (Å²) in [6, 6.07) is 9.97. The third-order valence-corrected chi connectivity index (χ3v) is 3.97. The maximum atomic E-state index is 14.5. The van der Waals surface area contributed by atoms with E-state index in [-0.39, 0.29) is 26.6 Å². The minimum atomic E-state index is -4.94. The van der Waals surface area contributed by atoms with Crippen LogP contribution >= 0.6 is 0 Å². The van der Waals surface area contributed by atoms with E-state index in [1.165, 1.54) is 0 Å². The Labute approximate surface area is 174 Å². The molecule has 0 amide bonds. The predicted octanol–water partition coefficient (Wildman–Crippen LogP) is 5.06. The molecule has 2 aromatic carbocycles. The van der Waals surface area contributed by atoms with Crippen molar-refractivity contribution in [3.8, 4) is 17.2 Å². The van der Waals surface area contributed by atoms with E-state index < -0.39 is 34.6 Å². The van der Waals surface area contributed by atoms with Crippen molar-refractivity contribution in [1.82, 2.24) is 9.13 Å². The number of aromatic nitrogens is 2. The summed E-state index contributed by atoms with van der Waals surface area (Å²) < 4.78 is 59.5. The smallest absolute Gasteiger partial charge is 0.431 e. The molecule has 1 heterocycles. The third-order valence-electron chi connectivity index (χ3n) is 3.97. The van der Waals surface area contributed by atoms with Crippen molar-refractivity contribution < 1.29 is 22.3 Å². The molecule has 31 heavy (non-hydrogen) atoms. The van der Waals surface area contributed by atoms with Gasteiger partial charge in [0.05, 0.1) is 12.3 Å². The fourth-order valence-corrected chi connectivity index (χ4v) is 2.61. The zero-order chi connectivity index (χ0) is 23.3. The molecule has 0 radical (unpaired) electrons. The van der Waals surface area contributed by atoms with Crippen LogP contribution in [0.2, 0.25) is 0 Å². The molecule has 0 fully saturated rings. The van der Waals surface area contributed by atoms with Crippen LogP contribution in [0.1, 0.15) is 19.5 Å². The van der Waals surface area contributed by atoms with E-state index in [4.69, 9.17) is 11.3 Å². The van der Waals surface area contributed by atoms with Crippen molar-refractivity contribution in [2.75, 3.05) is 0 Å². The van der Waals surface area contributed by atoms with Gasteiger partial charge in [-0.25, -0.2) is 18.6 Å². The molecule has 0 N–H and O–H groups in total. The normalized spacial score (nSPS) is 10.6. The highest BCUT2D eigenvalue weighted by Gasteiger charge is 2.35. The van der Waals surface area contributed by atoms with Gasteiger partial charge in [-0.05, 0) is 24.3 Å². The van der Waals surface area contributed by atoms with Gasteiger partial charge < -0.3 is 4.74 Å². The maximum absolute atomic E-state index is 14.5. The molecular weight excluding hydrogens is 418 g/mol. The van der Waals surface area contributed by atoms with Crippen LogP contribution in [0.25, 0.3) is 10.5 Å². The largest absolute Gasteiger partial charge is 0.468 e. The molecular formula is C21H17F4N3O3. The summed E-state index contributed by atoms with van der Waals surface area (Å²) in [5.41, 5.74) is -5.12. The standard InChI is InChI=1S/C19H11F4N3O3.C2H6/c1-24-13-8-12(20)14(9-15(13)29-11-6-4-3-5-7-11)26-17(27)10-16(19(21,22)23)25(2)18(26)28;1-2/h3-10H,2H3;1-2H3. The van der Waals surface area contributed by atoms with Crippen LogP contribution in [-0.4, -0.2) is 9.13 Å². The van der Waals surface area contributed by atoms with Gasteiger partial charge in [-0.3, -0.25) is 9.36 Å². The minimum Gasteiger partial charge on any atom is -0.468 e. The maximum Gasteiger partial charge on any atom is 0.431 e. The number of halogens is 4. The number of rotatable bonds is 3. The Hall–Kier alpha value is -3.87. The summed E-state index contributed by atoms with van der Waals surface area (Å²) in [7, 11) is 0.813. The second-order valence-electron chi connectivity index (χ2n) is 5.84. The summed E-state index contributed by atoms with van der Waals surface area (Å²) in [4.78, 5) is 27.7. The predicted molar refractivity (Wildman–Crippen MR) is 106 cm³/mol. The number of hydrogen-bond donors (Lipinski definition) is 0. The average molecular weight is 435 g/mol. The lowest BCUT2D eigenvalue weighted by Crippen LogP contribution is -2.41. The molecule has 6 nitrogen and oxygen atoms in total. The van der Waals surface area contributed by atoms with Gasteiger partial charge >= 0.3 is 11.9 Å². The van der Waals surface area contributed by atoms with Crippen LogP contribution in [0.4, 0.5) is 23.2 Å². The summed E-state index contributed by atoms with van der Waals surface area (Å²) in [5, 5.41) is 0. The molecule has 0 aliphatic carbocycles. The van der Waals surface area contributed by atoms with E-state index in [0.29, 0.717) is 5.75 Å². The van der Waals surface area contributed by atoms with Crippen LogP contribution in [0.3, 0.4) is 0 Å². The second-order valence-corrected chi connectivity index (χ2v) is 5.84. The summed E-state index contributed by atoms with van der Waals surface area (Å²) in [6.45, 7) is 11.2. The van der Waals surface area contributed by atoms with Crippen molar-refractivity contribution in [2.24, 2.45) is 7.05 Å². The van der Waals surface area contributed by atoms with E-state index in [1.54, 1.807) is 30.3 Å². The van der Waals surface area contributed by atoms with Gasteiger partial charge in [0.1, 0.15) is 23.0 Å². The Morgan fingerprint density at radius 1 is 1.03 bits per heavy atom. The quantitative estimate of drug-likeness (QED) is 0.427. The first-order valence-corrected chi connectivity index (χ1v) is 8.98. The summed E-state index contributed by atoms with van der Waals surface area (Å²) >= 11 is 0. The Morgan fingerprint density at radius 3 is 2.19 bits per heavy atom. The van der Waals surface area contributed by atoms with Gasteiger partial charge in [-0.1, -0.05) is 32.0 Å². The van der Waals surface area contributed by atoms with Crippen LogP contribution in [0.15, 0.2) is 58.1 Å². The molecule has 0 saturated heterocycles. The zero-order valence-electron chi connectivity index (χ0n) is 16.7. The summed E-state index contributed by atoms with van der Waals surface area (Å²) in [6.07, 6.45) is -4.94. The Balaban J connectivity index is 0.00000166. The Morgan fingerprint density at radius 2 is 1.65 bits per heavy atom. The van der Waals surface area contributed by atoms with Gasteiger partial charge in [0, 0.05) is 13.1 Å². The lowest BCUT2D eigenvalue weighted by molar-refractivity contribution is -0.144. The minimum absolute atomic E-state index is 0.170. The molecule has 0 aliphatic rings. The molecule has 3 rings (SSSR count). The van der Waals surface area contributed by atoms with Crippen molar-refractivity contribution in [3.05, 3.63) is 92.3 Å². The third kappa shape index (κ3) is 4.83. The highest BCUT2D eigenvalue weighted by molar-refractivity contribution is 5.63. The first-order valence-electron chi connectivity index (χ1n) is 8.98. The second kappa shape index (κ2) is 9.30. The number of ether oxygens (including phenoxy) is 1. The van der Waals surface area contributed by atoms with Crippen LogP contribution in [0, 0.1) is 12.4 Å². The van der Waals surface area contributed by atoms with Crippen LogP contribution < -0.4 is 16.0 Å². The van der Waals surface area contributed by atoms with Gasteiger partial charge in [-0.15, -0.1) is 0 Å². The molecule has 0 aliphatic heterocycles. The Kier molecular flexibility index (Phi) is 7.02. The van der Waals surface area contributed by atoms with E-state index in [2.05, 4.69) is 4.85 Å². The van der Waals surface area contributed by atoms with E-state index >= 15 is 0 Å². The SMILES string of the molecule is CC.[C-]#[N+]c1cc(F)c(-n2c(=O)cc(C(F)(F)F)n(C)c2=O)cc1Oc1ccccc1. The van der Waals surface area contributed by atoms with E-state index in [9.17, 15) is 27.2 Å². The molecule has 0 unspecified atom stereocenters.